The number of benzene rings is 1. The monoisotopic (exact) mass is 332 g/mol. The molecule has 22 heavy (non-hydrogen) atoms. The lowest BCUT2D eigenvalue weighted by Crippen LogP contribution is -2.48. The zero-order valence-corrected chi connectivity index (χ0v) is 12.8. The molecule has 1 atom stereocenters. The highest BCUT2D eigenvalue weighted by molar-refractivity contribution is 7.84. The minimum atomic E-state index is -1.41. The molecule has 8 heteroatoms. The van der Waals surface area contributed by atoms with E-state index in [1.807, 2.05) is 0 Å². The first-order chi connectivity index (χ1) is 10.3. The number of halogens is 3. The van der Waals surface area contributed by atoms with Gasteiger partial charge in [-0.15, -0.1) is 12.6 Å². The van der Waals surface area contributed by atoms with Crippen LogP contribution in [0.25, 0.3) is 0 Å². The van der Waals surface area contributed by atoms with Crippen molar-refractivity contribution in [3.05, 3.63) is 41.2 Å². The molecule has 1 N–H and O–H groups in total. The number of ether oxygens (including phenoxy) is 1. The van der Waals surface area contributed by atoms with Crippen molar-refractivity contribution >= 4 is 24.9 Å². The summed E-state index contributed by atoms with van der Waals surface area (Å²) < 4.78 is 44.1. The molecule has 1 unspecified atom stereocenters. The van der Waals surface area contributed by atoms with E-state index >= 15 is 0 Å². The highest BCUT2D eigenvalue weighted by Gasteiger charge is 2.34. The standard InChI is InChI=1S/C14H15F3N2O2S/c1-3-14(2,13(20)19-8-18-7-12(17)22)21-11-5-4-9(15)6-10(11)16/h4-8,22H,3H2,1-2H3,(H,18,19,20)/b12-7-. The predicted molar refractivity (Wildman–Crippen MR) is 80.5 cm³/mol. The van der Waals surface area contributed by atoms with Crippen molar-refractivity contribution in [1.29, 1.82) is 0 Å². The van der Waals surface area contributed by atoms with Crippen LogP contribution in [0.15, 0.2) is 34.6 Å². The smallest absolute Gasteiger partial charge is 0.268 e. The molecule has 1 aromatic rings. The van der Waals surface area contributed by atoms with Crippen LogP contribution in [0.3, 0.4) is 0 Å². The Kier molecular flexibility index (Phi) is 6.48. The molecule has 0 aliphatic rings. The average molecular weight is 332 g/mol. The van der Waals surface area contributed by atoms with Crippen molar-refractivity contribution in [2.75, 3.05) is 0 Å². The first-order valence-corrected chi connectivity index (χ1v) is 6.74. The van der Waals surface area contributed by atoms with Crippen molar-refractivity contribution in [3.8, 4) is 5.75 Å². The largest absolute Gasteiger partial charge is 0.475 e. The number of rotatable bonds is 6. The summed E-state index contributed by atoms with van der Waals surface area (Å²) in [5.41, 5.74) is -1.41. The summed E-state index contributed by atoms with van der Waals surface area (Å²) >= 11 is 3.35. The Labute approximate surface area is 131 Å². The molecule has 0 fully saturated rings. The molecule has 0 saturated heterocycles. The van der Waals surface area contributed by atoms with Crippen LogP contribution in [0.5, 0.6) is 5.75 Å². The number of thiol groups is 1. The van der Waals surface area contributed by atoms with Crippen molar-refractivity contribution < 1.29 is 22.7 Å². The molecule has 1 rings (SSSR count). The highest BCUT2D eigenvalue weighted by Crippen LogP contribution is 2.25. The van der Waals surface area contributed by atoms with Crippen LogP contribution in [-0.2, 0) is 4.79 Å². The third-order valence-corrected chi connectivity index (χ3v) is 2.95. The van der Waals surface area contributed by atoms with E-state index in [0.717, 1.165) is 24.7 Å². The number of aliphatic imine (C=N–C) groups is 1. The van der Waals surface area contributed by atoms with Crippen LogP contribution in [0.2, 0.25) is 0 Å². The summed E-state index contributed by atoms with van der Waals surface area (Å²) in [7, 11) is 0. The van der Waals surface area contributed by atoms with Crippen LogP contribution in [-0.4, -0.2) is 17.8 Å². The van der Waals surface area contributed by atoms with E-state index in [-0.39, 0.29) is 12.2 Å². The zero-order chi connectivity index (χ0) is 16.8. The fourth-order valence-electron chi connectivity index (χ4n) is 1.43. The van der Waals surface area contributed by atoms with E-state index in [0.29, 0.717) is 6.07 Å². The number of carbonyl (C=O) groups excluding carboxylic acids is 1. The van der Waals surface area contributed by atoms with Gasteiger partial charge < -0.3 is 10.1 Å². The molecular weight excluding hydrogens is 317 g/mol. The maximum absolute atomic E-state index is 13.6. The summed E-state index contributed by atoms with van der Waals surface area (Å²) in [5.74, 6) is -2.53. The van der Waals surface area contributed by atoms with Crippen molar-refractivity contribution in [2.45, 2.75) is 25.9 Å². The lowest BCUT2D eigenvalue weighted by Gasteiger charge is -2.27. The molecule has 0 saturated carbocycles. The quantitative estimate of drug-likeness (QED) is 0.477. The van der Waals surface area contributed by atoms with Gasteiger partial charge in [-0.25, -0.2) is 13.8 Å². The molecule has 0 aliphatic heterocycles. The summed E-state index contributed by atoms with van der Waals surface area (Å²) in [6, 6.07) is 2.78. The Morgan fingerprint density at radius 3 is 2.73 bits per heavy atom. The van der Waals surface area contributed by atoms with Gasteiger partial charge in [0.15, 0.2) is 22.3 Å². The van der Waals surface area contributed by atoms with Gasteiger partial charge in [0.1, 0.15) is 5.82 Å². The van der Waals surface area contributed by atoms with Gasteiger partial charge in [0.05, 0.1) is 12.5 Å². The number of amides is 1. The van der Waals surface area contributed by atoms with Gasteiger partial charge in [0.25, 0.3) is 5.91 Å². The molecule has 120 valence electrons. The highest BCUT2D eigenvalue weighted by atomic mass is 32.1. The average Bonchev–Trinajstić information content (AvgIpc) is 2.46. The SMILES string of the molecule is CCC(C)(Oc1ccc(F)cc1F)C(=O)N/C=N/C=C(/F)S. The lowest BCUT2D eigenvalue weighted by molar-refractivity contribution is -0.134. The van der Waals surface area contributed by atoms with Gasteiger partial charge in [0.2, 0.25) is 0 Å². The number of hydrogen-bond acceptors (Lipinski definition) is 4. The summed E-state index contributed by atoms with van der Waals surface area (Å²) in [6.45, 7) is 3.10. The van der Waals surface area contributed by atoms with Gasteiger partial charge in [-0.05, 0) is 25.5 Å². The molecule has 0 aromatic heterocycles. The first-order valence-electron chi connectivity index (χ1n) is 6.30. The molecule has 0 heterocycles. The summed E-state index contributed by atoms with van der Waals surface area (Å²) in [4.78, 5) is 15.5. The Bertz CT molecular complexity index is 604. The van der Waals surface area contributed by atoms with Crippen LogP contribution in [0, 0.1) is 11.6 Å². The summed E-state index contributed by atoms with van der Waals surface area (Å²) in [6.07, 6.45) is 1.95. The van der Waals surface area contributed by atoms with E-state index in [2.05, 4.69) is 22.9 Å². The topological polar surface area (TPSA) is 50.7 Å². The lowest BCUT2D eigenvalue weighted by atomic mass is 10.0. The van der Waals surface area contributed by atoms with Gasteiger partial charge in [0, 0.05) is 6.07 Å². The maximum atomic E-state index is 13.6. The van der Waals surface area contributed by atoms with E-state index in [4.69, 9.17) is 4.74 Å². The van der Waals surface area contributed by atoms with E-state index in [1.54, 1.807) is 6.92 Å². The Hall–Kier alpha value is -1.96. The second-order valence-electron chi connectivity index (χ2n) is 4.46. The van der Waals surface area contributed by atoms with Crippen LogP contribution >= 0.6 is 12.6 Å². The van der Waals surface area contributed by atoms with E-state index in [1.165, 1.54) is 6.92 Å². The molecule has 0 radical (unpaired) electrons. The molecule has 4 nitrogen and oxygen atoms in total. The van der Waals surface area contributed by atoms with Gasteiger partial charge in [-0.2, -0.15) is 4.39 Å². The van der Waals surface area contributed by atoms with Crippen molar-refractivity contribution in [1.82, 2.24) is 5.32 Å². The number of nitrogens with one attached hydrogen (secondary N) is 1. The van der Waals surface area contributed by atoms with Crippen molar-refractivity contribution in [2.24, 2.45) is 4.99 Å². The van der Waals surface area contributed by atoms with Crippen LogP contribution in [0.4, 0.5) is 13.2 Å². The zero-order valence-electron chi connectivity index (χ0n) is 11.9. The predicted octanol–water partition coefficient (Wildman–Crippen LogP) is 3.36. The molecule has 0 bridgehead atoms. The minimum Gasteiger partial charge on any atom is -0.475 e. The molecule has 0 aliphatic carbocycles. The molecule has 1 aromatic carbocycles. The number of nitrogens with zero attached hydrogens (tertiary/aromatic N) is 1. The van der Waals surface area contributed by atoms with Gasteiger partial charge >= 0.3 is 0 Å². The number of carbonyl (C=O) groups is 1. The second-order valence-corrected chi connectivity index (χ2v) is 4.89. The fourth-order valence-corrected chi connectivity index (χ4v) is 1.49. The van der Waals surface area contributed by atoms with E-state index in [9.17, 15) is 18.0 Å². The van der Waals surface area contributed by atoms with Crippen LogP contribution in [0.1, 0.15) is 20.3 Å². The van der Waals surface area contributed by atoms with Crippen molar-refractivity contribution in [3.63, 3.8) is 0 Å². The van der Waals surface area contributed by atoms with Crippen LogP contribution < -0.4 is 10.1 Å². The summed E-state index contributed by atoms with van der Waals surface area (Å²) in [5, 5.41) is 1.46. The molecule has 1 amide bonds. The first kappa shape index (κ1) is 18.1. The second kappa shape index (κ2) is 7.88. The number of hydrogen-bond donors (Lipinski definition) is 2. The van der Waals surface area contributed by atoms with Gasteiger partial charge in [-0.3, -0.25) is 4.79 Å². The maximum Gasteiger partial charge on any atom is 0.268 e. The third-order valence-electron chi connectivity index (χ3n) is 2.84. The van der Waals surface area contributed by atoms with Gasteiger partial charge in [-0.1, -0.05) is 6.92 Å². The Morgan fingerprint density at radius 1 is 1.50 bits per heavy atom. The minimum absolute atomic E-state index is 0.209. The molecule has 0 spiro atoms. The third kappa shape index (κ3) is 5.10. The fraction of sp³-hybridized carbons (Fsp3) is 0.286. The molecular formula is C14H15F3N2O2S. The Morgan fingerprint density at radius 2 is 2.18 bits per heavy atom. The Balaban J connectivity index is 2.84. The van der Waals surface area contributed by atoms with E-state index < -0.39 is 28.3 Å². The normalized spacial score (nSPS) is 14.7.